The summed E-state index contributed by atoms with van der Waals surface area (Å²) in [4.78, 5) is 24.0. The molecule has 0 saturated carbocycles. The van der Waals surface area contributed by atoms with Gasteiger partial charge in [0.25, 0.3) is 0 Å². The Morgan fingerprint density at radius 2 is 1.64 bits per heavy atom. The van der Waals surface area contributed by atoms with Crippen molar-refractivity contribution in [1.29, 1.82) is 0 Å². The van der Waals surface area contributed by atoms with Crippen LogP contribution >= 0.6 is 0 Å². The summed E-state index contributed by atoms with van der Waals surface area (Å²) in [5, 5.41) is 0. The number of hydrogen-bond donors (Lipinski definition) is 0. The van der Waals surface area contributed by atoms with Crippen LogP contribution < -0.4 is 0 Å². The summed E-state index contributed by atoms with van der Waals surface area (Å²) in [6.45, 7) is 0.156. The van der Waals surface area contributed by atoms with Crippen molar-refractivity contribution in [3.8, 4) is 0 Å². The number of halogens is 2. The fraction of sp³-hybridized carbons (Fsp3) is 0.263. The van der Waals surface area contributed by atoms with Gasteiger partial charge in [-0.05, 0) is 55.3 Å². The van der Waals surface area contributed by atoms with Gasteiger partial charge in [0.2, 0.25) is 15.8 Å². The van der Waals surface area contributed by atoms with Crippen molar-refractivity contribution in [2.75, 3.05) is 19.7 Å². The lowest BCUT2D eigenvalue weighted by atomic mass is 10.1. The monoisotopic (exact) mass is 409 g/mol. The van der Waals surface area contributed by atoms with E-state index in [1.165, 1.54) is 28.6 Å². The predicted octanol–water partition coefficient (Wildman–Crippen LogP) is 2.79. The van der Waals surface area contributed by atoms with Crippen LogP contribution in [0, 0.1) is 11.6 Å². The van der Waals surface area contributed by atoms with E-state index in [1.54, 1.807) is 0 Å². The van der Waals surface area contributed by atoms with Crippen LogP contribution in [0.4, 0.5) is 8.78 Å². The van der Waals surface area contributed by atoms with Gasteiger partial charge in [-0.25, -0.2) is 22.0 Å². The highest BCUT2D eigenvalue weighted by Gasteiger charge is 2.27. The third kappa shape index (κ3) is 4.26. The number of nitrogens with zero attached hydrogens (tertiary/aromatic N) is 1. The van der Waals surface area contributed by atoms with Crippen molar-refractivity contribution < 1.29 is 31.5 Å². The molecule has 9 heteroatoms. The molecule has 3 rings (SSSR count). The zero-order valence-corrected chi connectivity index (χ0v) is 15.5. The minimum Gasteiger partial charge on any atom is -0.454 e. The molecule has 148 valence electrons. The highest BCUT2D eigenvalue weighted by atomic mass is 32.2. The second-order valence-corrected chi connectivity index (χ2v) is 8.20. The molecule has 0 amide bonds. The average Bonchev–Trinajstić information content (AvgIpc) is 3.23. The van der Waals surface area contributed by atoms with E-state index in [9.17, 15) is 26.8 Å². The molecule has 1 heterocycles. The molecular formula is C19H17F2NO5S. The fourth-order valence-electron chi connectivity index (χ4n) is 2.84. The SMILES string of the molecule is O=C(OCC(=O)c1cc(F)ccc1F)c1ccc(S(=O)(=O)N2CCCC2)cc1. The second-order valence-electron chi connectivity index (χ2n) is 6.26. The zero-order chi connectivity index (χ0) is 20.3. The number of carbonyl (C=O) groups is 2. The van der Waals surface area contributed by atoms with E-state index < -0.39 is 45.6 Å². The average molecular weight is 409 g/mol. The number of carbonyl (C=O) groups excluding carboxylic acids is 2. The molecular weight excluding hydrogens is 392 g/mol. The number of rotatable bonds is 6. The molecule has 2 aromatic carbocycles. The summed E-state index contributed by atoms with van der Waals surface area (Å²) in [6.07, 6.45) is 1.62. The fourth-order valence-corrected chi connectivity index (χ4v) is 4.36. The smallest absolute Gasteiger partial charge is 0.338 e. The summed E-state index contributed by atoms with van der Waals surface area (Å²) in [7, 11) is -3.60. The van der Waals surface area contributed by atoms with Gasteiger partial charge in [0, 0.05) is 13.1 Å². The number of sulfonamides is 1. The van der Waals surface area contributed by atoms with E-state index >= 15 is 0 Å². The van der Waals surface area contributed by atoms with Crippen molar-refractivity contribution in [2.24, 2.45) is 0 Å². The zero-order valence-electron chi connectivity index (χ0n) is 14.7. The van der Waals surface area contributed by atoms with Gasteiger partial charge in [0.15, 0.2) is 6.61 Å². The number of ether oxygens (including phenoxy) is 1. The molecule has 1 saturated heterocycles. The minimum absolute atomic E-state index is 0.0351. The highest BCUT2D eigenvalue weighted by molar-refractivity contribution is 7.89. The number of Topliss-reactive ketones (excluding diaryl/α,β-unsaturated/α-hetero) is 1. The summed E-state index contributed by atoms with van der Waals surface area (Å²) < 4.78 is 57.8. The molecule has 0 spiro atoms. The normalized spacial score (nSPS) is 14.8. The molecule has 0 aliphatic carbocycles. The lowest BCUT2D eigenvalue weighted by Gasteiger charge is -2.15. The van der Waals surface area contributed by atoms with E-state index in [-0.39, 0.29) is 10.5 Å². The van der Waals surface area contributed by atoms with Crippen molar-refractivity contribution in [2.45, 2.75) is 17.7 Å². The van der Waals surface area contributed by atoms with Crippen LogP contribution in [0.25, 0.3) is 0 Å². The number of esters is 1. The van der Waals surface area contributed by atoms with Gasteiger partial charge in [-0.2, -0.15) is 4.31 Å². The molecule has 0 aromatic heterocycles. The summed E-state index contributed by atoms with van der Waals surface area (Å²) >= 11 is 0. The Balaban J connectivity index is 1.65. The number of hydrogen-bond acceptors (Lipinski definition) is 5. The maximum Gasteiger partial charge on any atom is 0.338 e. The van der Waals surface area contributed by atoms with Gasteiger partial charge in [-0.1, -0.05) is 0 Å². The third-order valence-electron chi connectivity index (χ3n) is 4.36. The molecule has 6 nitrogen and oxygen atoms in total. The van der Waals surface area contributed by atoms with Crippen LogP contribution in [0.5, 0.6) is 0 Å². The van der Waals surface area contributed by atoms with Crippen LogP contribution in [0.2, 0.25) is 0 Å². The van der Waals surface area contributed by atoms with E-state index in [4.69, 9.17) is 4.74 Å². The van der Waals surface area contributed by atoms with E-state index in [1.807, 2.05) is 0 Å². The summed E-state index contributed by atoms with van der Waals surface area (Å²) in [6, 6.07) is 7.54. The standard InChI is InChI=1S/C19H17F2NO5S/c20-14-5-8-17(21)16(11-14)18(23)12-27-19(24)13-3-6-15(7-4-13)28(25,26)22-9-1-2-10-22/h3-8,11H,1-2,9-10,12H2. The molecule has 1 fully saturated rings. The van der Waals surface area contributed by atoms with Gasteiger partial charge in [-0.15, -0.1) is 0 Å². The molecule has 0 N–H and O–H groups in total. The van der Waals surface area contributed by atoms with Gasteiger partial charge in [0.1, 0.15) is 11.6 Å². The molecule has 0 bridgehead atoms. The van der Waals surface area contributed by atoms with Gasteiger partial charge >= 0.3 is 5.97 Å². The van der Waals surface area contributed by atoms with Crippen LogP contribution in [0.15, 0.2) is 47.4 Å². The Kier molecular flexibility index (Phi) is 5.85. The van der Waals surface area contributed by atoms with Gasteiger partial charge in [-0.3, -0.25) is 4.79 Å². The van der Waals surface area contributed by atoms with Crippen LogP contribution in [-0.4, -0.2) is 44.2 Å². The van der Waals surface area contributed by atoms with Crippen molar-refractivity contribution in [1.82, 2.24) is 4.31 Å². The molecule has 2 aromatic rings. The number of benzene rings is 2. The van der Waals surface area contributed by atoms with Crippen LogP contribution in [0.3, 0.4) is 0 Å². The predicted molar refractivity (Wildman–Crippen MR) is 95.4 cm³/mol. The van der Waals surface area contributed by atoms with E-state index in [0.29, 0.717) is 13.1 Å². The first-order valence-corrected chi connectivity index (χ1v) is 9.98. The van der Waals surface area contributed by atoms with Crippen molar-refractivity contribution in [3.63, 3.8) is 0 Å². The van der Waals surface area contributed by atoms with Crippen molar-refractivity contribution in [3.05, 3.63) is 65.2 Å². The number of ketones is 1. The summed E-state index contributed by atoms with van der Waals surface area (Å²) in [5.74, 6) is -3.47. The first-order valence-electron chi connectivity index (χ1n) is 8.54. The minimum atomic E-state index is -3.60. The third-order valence-corrected chi connectivity index (χ3v) is 6.27. The Morgan fingerprint density at radius 3 is 2.29 bits per heavy atom. The van der Waals surface area contributed by atoms with Crippen molar-refractivity contribution >= 4 is 21.8 Å². The molecule has 0 atom stereocenters. The quantitative estimate of drug-likeness (QED) is 0.541. The molecule has 1 aliphatic rings. The van der Waals surface area contributed by atoms with E-state index in [2.05, 4.69) is 0 Å². The molecule has 0 unspecified atom stereocenters. The maximum atomic E-state index is 13.6. The molecule has 1 aliphatic heterocycles. The Hall–Kier alpha value is -2.65. The Labute approximate surface area is 160 Å². The Bertz CT molecular complexity index is 999. The second kappa shape index (κ2) is 8.15. The lowest BCUT2D eigenvalue weighted by molar-refractivity contribution is 0.0473. The topological polar surface area (TPSA) is 80.8 Å². The maximum absolute atomic E-state index is 13.6. The Morgan fingerprint density at radius 1 is 1.00 bits per heavy atom. The summed E-state index contributed by atoms with van der Waals surface area (Å²) in [5.41, 5.74) is -0.479. The first-order chi connectivity index (χ1) is 13.3. The van der Waals surface area contributed by atoms with E-state index in [0.717, 1.165) is 31.0 Å². The first kappa shape index (κ1) is 20.1. The van der Waals surface area contributed by atoms with Gasteiger partial charge in [0.05, 0.1) is 16.0 Å². The molecule has 0 radical (unpaired) electrons. The molecule has 28 heavy (non-hydrogen) atoms. The van der Waals surface area contributed by atoms with Gasteiger partial charge < -0.3 is 4.74 Å². The highest BCUT2D eigenvalue weighted by Crippen LogP contribution is 2.21. The largest absolute Gasteiger partial charge is 0.454 e. The lowest BCUT2D eigenvalue weighted by Crippen LogP contribution is -2.27. The van der Waals surface area contributed by atoms with Crippen LogP contribution in [-0.2, 0) is 14.8 Å². The van der Waals surface area contributed by atoms with Crippen LogP contribution in [0.1, 0.15) is 33.6 Å².